The highest BCUT2D eigenvalue weighted by molar-refractivity contribution is 6.34. The minimum Gasteiger partial charge on any atom is -0.399 e. The lowest BCUT2D eigenvalue weighted by atomic mass is 10.0. The van der Waals surface area contributed by atoms with Crippen molar-refractivity contribution in [1.29, 1.82) is 0 Å². The Morgan fingerprint density at radius 2 is 1.94 bits per heavy atom. The van der Waals surface area contributed by atoms with Gasteiger partial charge in [-0.3, -0.25) is 9.59 Å². The number of benzene rings is 1. The van der Waals surface area contributed by atoms with E-state index in [0.717, 1.165) is 0 Å². The van der Waals surface area contributed by atoms with E-state index in [1.54, 1.807) is 6.07 Å². The first-order valence-electron chi connectivity index (χ1n) is 4.91. The van der Waals surface area contributed by atoms with E-state index in [-0.39, 0.29) is 10.6 Å². The Morgan fingerprint density at radius 3 is 2.47 bits per heavy atom. The van der Waals surface area contributed by atoms with Gasteiger partial charge in [0.2, 0.25) is 5.91 Å². The predicted octanol–water partition coefficient (Wildman–Crippen LogP) is 0.916. The second-order valence-corrected chi connectivity index (χ2v) is 4.59. The van der Waals surface area contributed by atoms with Crippen LogP contribution in [0, 0.1) is 0 Å². The second-order valence-electron chi connectivity index (χ2n) is 4.18. The smallest absolute Gasteiger partial charge is 0.253 e. The lowest BCUT2D eigenvalue weighted by molar-refractivity contribution is -0.122. The van der Waals surface area contributed by atoms with Crippen molar-refractivity contribution in [2.24, 2.45) is 5.73 Å². The quantitative estimate of drug-likeness (QED) is 0.701. The fourth-order valence-corrected chi connectivity index (χ4v) is 1.33. The molecule has 0 atom stereocenters. The molecule has 5 N–H and O–H groups in total. The van der Waals surface area contributed by atoms with Crippen molar-refractivity contribution in [1.82, 2.24) is 5.32 Å². The van der Waals surface area contributed by atoms with Gasteiger partial charge in [0.05, 0.1) is 10.6 Å². The van der Waals surface area contributed by atoms with Crippen LogP contribution < -0.4 is 16.8 Å². The van der Waals surface area contributed by atoms with Crippen molar-refractivity contribution in [2.75, 3.05) is 5.73 Å². The van der Waals surface area contributed by atoms with Crippen LogP contribution in [-0.2, 0) is 4.79 Å². The number of primary amides is 1. The largest absolute Gasteiger partial charge is 0.399 e. The van der Waals surface area contributed by atoms with E-state index in [1.807, 2.05) is 0 Å². The maximum absolute atomic E-state index is 11.9. The van der Waals surface area contributed by atoms with Crippen LogP contribution in [0.5, 0.6) is 0 Å². The topological polar surface area (TPSA) is 98.2 Å². The number of amides is 2. The number of hydrogen-bond acceptors (Lipinski definition) is 3. The van der Waals surface area contributed by atoms with Crippen LogP contribution in [-0.4, -0.2) is 17.4 Å². The van der Waals surface area contributed by atoms with Crippen molar-refractivity contribution in [3.05, 3.63) is 28.8 Å². The third kappa shape index (κ3) is 3.10. The Hall–Kier alpha value is -1.75. The molecule has 5 nitrogen and oxygen atoms in total. The molecule has 0 saturated carbocycles. The van der Waals surface area contributed by atoms with E-state index in [4.69, 9.17) is 23.1 Å². The summed E-state index contributed by atoms with van der Waals surface area (Å²) in [7, 11) is 0. The number of carbonyl (C=O) groups excluding carboxylic acids is 2. The highest BCUT2D eigenvalue weighted by Gasteiger charge is 2.28. The van der Waals surface area contributed by atoms with Crippen molar-refractivity contribution in [2.45, 2.75) is 19.4 Å². The van der Waals surface area contributed by atoms with Crippen LogP contribution in [0.25, 0.3) is 0 Å². The monoisotopic (exact) mass is 255 g/mol. The van der Waals surface area contributed by atoms with Crippen molar-refractivity contribution in [3.8, 4) is 0 Å². The lowest BCUT2D eigenvalue weighted by Gasteiger charge is -2.22. The molecule has 2 amide bonds. The first-order valence-corrected chi connectivity index (χ1v) is 5.29. The van der Waals surface area contributed by atoms with Gasteiger partial charge in [-0.05, 0) is 32.0 Å². The van der Waals surface area contributed by atoms with Gasteiger partial charge in [-0.25, -0.2) is 0 Å². The van der Waals surface area contributed by atoms with Gasteiger partial charge in [-0.15, -0.1) is 0 Å². The molecule has 6 heteroatoms. The molecule has 0 bridgehead atoms. The molecule has 0 aliphatic carbocycles. The average Bonchev–Trinajstić information content (AvgIpc) is 2.20. The summed E-state index contributed by atoms with van der Waals surface area (Å²) in [6.45, 7) is 3.01. The Balaban J connectivity index is 2.98. The Kier molecular flexibility index (Phi) is 3.63. The summed E-state index contributed by atoms with van der Waals surface area (Å²) in [5.74, 6) is -1.13. The normalized spacial score (nSPS) is 11.0. The van der Waals surface area contributed by atoms with Crippen LogP contribution in [0.15, 0.2) is 18.2 Å². The summed E-state index contributed by atoms with van der Waals surface area (Å²) in [5, 5.41) is 2.75. The van der Waals surface area contributed by atoms with Gasteiger partial charge >= 0.3 is 0 Å². The van der Waals surface area contributed by atoms with Gasteiger partial charge < -0.3 is 16.8 Å². The standard InChI is InChI=1S/C11H14ClN3O2/c1-11(2,10(14)17)15-9(16)7-5-6(13)3-4-8(7)12/h3-5H,13H2,1-2H3,(H2,14,17)(H,15,16). The van der Waals surface area contributed by atoms with Crippen LogP contribution in [0.3, 0.4) is 0 Å². The molecule has 0 unspecified atom stereocenters. The highest BCUT2D eigenvalue weighted by atomic mass is 35.5. The molecule has 0 saturated heterocycles. The third-order valence-electron chi connectivity index (χ3n) is 2.28. The fourth-order valence-electron chi connectivity index (χ4n) is 1.13. The van der Waals surface area contributed by atoms with Crippen molar-refractivity contribution >= 4 is 29.1 Å². The SMILES string of the molecule is CC(C)(NC(=O)c1cc(N)ccc1Cl)C(N)=O. The Labute approximate surface area is 104 Å². The zero-order valence-electron chi connectivity index (χ0n) is 9.58. The van der Waals surface area contributed by atoms with E-state index in [9.17, 15) is 9.59 Å². The number of halogens is 1. The molecule has 1 rings (SSSR count). The summed E-state index contributed by atoms with van der Waals surface area (Å²) in [6, 6.07) is 4.54. The van der Waals surface area contributed by atoms with E-state index >= 15 is 0 Å². The molecule has 92 valence electrons. The molecule has 0 aliphatic heterocycles. The third-order valence-corrected chi connectivity index (χ3v) is 2.61. The van der Waals surface area contributed by atoms with Crippen LogP contribution in [0.2, 0.25) is 5.02 Å². The first kappa shape index (κ1) is 13.3. The Bertz CT molecular complexity index is 472. The number of rotatable bonds is 3. The van der Waals surface area contributed by atoms with Gasteiger partial charge in [0.25, 0.3) is 5.91 Å². The van der Waals surface area contributed by atoms with Gasteiger partial charge in [0.15, 0.2) is 0 Å². The molecular weight excluding hydrogens is 242 g/mol. The number of nitrogen functional groups attached to an aromatic ring is 1. The molecule has 0 heterocycles. The first-order chi connectivity index (χ1) is 7.74. The zero-order valence-corrected chi connectivity index (χ0v) is 10.3. The fraction of sp³-hybridized carbons (Fsp3) is 0.273. The molecule has 0 fully saturated rings. The van der Waals surface area contributed by atoms with E-state index < -0.39 is 17.4 Å². The van der Waals surface area contributed by atoms with Crippen LogP contribution in [0.1, 0.15) is 24.2 Å². The van der Waals surface area contributed by atoms with Crippen LogP contribution >= 0.6 is 11.6 Å². The molecule has 0 aromatic heterocycles. The summed E-state index contributed by atoms with van der Waals surface area (Å²) < 4.78 is 0. The average molecular weight is 256 g/mol. The molecular formula is C11H14ClN3O2. The molecule has 17 heavy (non-hydrogen) atoms. The number of anilines is 1. The summed E-state index contributed by atoms with van der Waals surface area (Å²) in [4.78, 5) is 23.0. The molecule has 0 aliphatic rings. The maximum Gasteiger partial charge on any atom is 0.253 e. The van der Waals surface area contributed by atoms with Crippen LogP contribution in [0.4, 0.5) is 5.69 Å². The summed E-state index contributed by atoms with van der Waals surface area (Å²) >= 11 is 5.87. The Morgan fingerprint density at radius 1 is 1.35 bits per heavy atom. The molecule has 1 aromatic carbocycles. The summed E-state index contributed by atoms with van der Waals surface area (Å²) in [5.41, 5.74) is 10.2. The van der Waals surface area contributed by atoms with E-state index in [2.05, 4.69) is 5.32 Å². The van der Waals surface area contributed by atoms with Crippen molar-refractivity contribution < 1.29 is 9.59 Å². The van der Waals surface area contributed by atoms with Gasteiger partial charge in [0.1, 0.15) is 5.54 Å². The lowest BCUT2D eigenvalue weighted by Crippen LogP contribution is -2.53. The van der Waals surface area contributed by atoms with Gasteiger partial charge in [-0.2, -0.15) is 0 Å². The van der Waals surface area contributed by atoms with Crippen molar-refractivity contribution in [3.63, 3.8) is 0 Å². The predicted molar refractivity (Wildman–Crippen MR) is 66.6 cm³/mol. The second kappa shape index (κ2) is 4.63. The number of nitrogens with one attached hydrogen (secondary N) is 1. The number of nitrogens with two attached hydrogens (primary N) is 2. The summed E-state index contributed by atoms with van der Waals surface area (Å²) in [6.07, 6.45) is 0. The number of carbonyl (C=O) groups is 2. The minimum atomic E-state index is -1.15. The van der Waals surface area contributed by atoms with Gasteiger partial charge in [-0.1, -0.05) is 11.6 Å². The molecule has 0 radical (unpaired) electrons. The minimum absolute atomic E-state index is 0.209. The van der Waals surface area contributed by atoms with E-state index in [0.29, 0.717) is 5.69 Å². The maximum atomic E-state index is 11.9. The highest BCUT2D eigenvalue weighted by Crippen LogP contribution is 2.19. The van der Waals surface area contributed by atoms with Gasteiger partial charge in [0, 0.05) is 5.69 Å². The molecule has 1 aromatic rings. The van der Waals surface area contributed by atoms with E-state index in [1.165, 1.54) is 26.0 Å². The zero-order chi connectivity index (χ0) is 13.2. The number of hydrogen-bond donors (Lipinski definition) is 3. The molecule has 0 spiro atoms.